The van der Waals surface area contributed by atoms with Crippen LogP contribution in [-0.4, -0.2) is 72.2 Å². The van der Waals surface area contributed by atoms with Gasteiger partial charge in [0.2, 0.25) is 5.91 Å². The number of nitro benzene ring substituents is 1. The summed E-state index contributed by atoms with van der Waals surface area (Å²) in [6, 6.07) is 16.5. The molecule has 0 saturated carbocycles. The second-order valence-corrected chi connectivity index (χ2v) is 10.6. The van der Waals surface area contributed by atoms with Crippen LogP contribution < -0.4 is 10.6 Å². The number of para-hydroxylation sites is 1. The number of carboxylic acids is 2. The number of nitrogens with zero attached hydrogens (tertiary/aromatic N) is 4. The number of ketones is 1. The van der Waals surface area contributed by atoms with E-state index in [2.05, 4.69) is 0 Å². The van der Waals surface area contributed by atoms with E-state index in [1.54, 1.807) is 30.3 Å². The molecule has 4 rings (SSSR count). The predicted molar refractivity (Wildman–Crippen MR) is 160 cm³/mol. The van der Waals surface area contributed by atoms with Gasteiger partial charge in [-0.1, -0.05) is 48.5 Å². The molecule has 3 atom stereocenters. The van der Waals surface area contributed by atoms with Crippen molar-refractivity contribution < 1.29 is 43.9 Å². The van der Waals surface area contributed by atoms with Gasteiger partial charge in [0.05, 0.1) is 17.4 Å². The zero-order chi connectivity index (χ0) is 34.0. The second kappa shape index (κ2) is 12.6. The maximum Gasteiger partial charge on any atom is 0.360 e. The Labute approximate surface area is 261 Å². The van der Waals surface area contributed by atoms with Crippen LogP contribution >= 0.6 is 0 Å². The molecule has 15 heteroatoms. The minimum atomic E-state index is -3.39. The fraction of sp³-hybridized carbons (Fsp3) is 0.226. The molecule has 1 heterocycles. The number of carboxylic acid groups (broad SMARTS) is 2. The largest absolute Gasteiger partial charge is 0.481 e. The molecule has 3 aromatic carbocycles. The summed E-state index contributed by atoms with van der Waals surface area (Å²) in [5, 5.41) is 31.5. The van der Waals surface area contributed by atoms with Gasteiger partial charge in [-0.3, -0.25) is 34.2 Å². The fourth-order valence-corrected chi connectivity index (χ4v) is 5.44. The van der Waals surface area contributed by atoms with Gasteiger partial charge >= 0.3 is 18.0 Å². The molecule has 0 bridgehead atoms. The fourth-order valence-electron chi connectivity index (χ4n) is 5.44. The Morgan fingerprint density at radius 1 is 0.957 bits per heavy atom. The van der Waals surface area contributed by atoms with E-state index < -0.39 is 64.2 Å². The molecule has 1 aliphatic rings. The number of aliphatic carboxylic acids is 2. The lowest BCUT2D eigenvalue weighted by Crippen LogP contribution is -2.74. The van der Waals surface area contributed by atoms with Crippen molar-refractivity contribution in [2.45, 2.75) is 44.1 Å². The van der Waals surface area contributed by atoms with E-state index in [1.807, 2.05) is 0 Å². The van der Waals surface area contributed by atoms with Crippen molar-refractivity contribution in [2.24, 2.45) is 5.73 Å². The number of nitro groups is 1. The van der Waals surface area contributed by atoms with Gasteiger partial charge in [-0.2, -0.15) is 0 Å². The average Bonchev–Trinajstić information content (AvgIpc) is 3.20. The van der Waals surface area contributed by atoms with Crippen LogP contribution in [0.4, 0.5) is 16.2 Å². The van der Waals surface area contributed by atoms with Gasteiger partial charge in [0.1, 0.15) is 5.54 Å². The molecule has 1 unspecified atom stereocenters. The first kappa shape index (κ1) is 32.9. The van der Waals surface area contributed by atoms with E-state index >= 15 is 0 Å². The molecule has 15 nitrogen and oxygen atoms in total. The summed E-state index contributed by atoms with van der Waals surface area (Å²) in [5.74, 6) is -7.58. The number of Topliss-reactive ketones (excluding diaryl/α,β-unsaturated/α-hetero) is 1. The Kier molecular flexibility index (Phi) is 9.00. The smallest absolute Gasteiger partial charge is 0.360 e. The number of nitrogens with two attached hydrogens (primary N) is 1. The summed E-state index contributed by atoms with van der Waals surface area (Å²) in [7, 11) is 0. The van der Waals surface area contributed by atoms with Crippen LogP contribution in [0.5, 0.6) is 0 Å². The Balaban J connectivity index is 2.03. The maximum atomic E-state index is 14.7. The molecule has 0 aromatic heterocycles. The van der Waals surface area contributed by atoms with E-state index in [0.717, 1.165) is 24.0 Å². The molecule has 3 aromatic rings. The number of amides is 4. The Bertz CT molecular complexity index is 1700. The number of hydrogen-bond donors (Lipinski definition) is 3. The molecule has 238 valence electrons. The second-order valence-electron chi connectivity index (χ2n) is 10.6. The minimum absolute atomic E-state index is 0.0397. The van der Waals surface area contributed by atoms with E-state index in [9.17, 15) is 49.1 Å². The van der Waals surface area contributed by atoms with Gasteiger partial charge < -0.3 is 20.8 Å². The summed E-state index contributed by atoms with van der Waals surface area (Å²) >= 11 is 0. The maximum absolute atomic E-state index is 14.7. The zero-order valence-corrected chi connectivity index (χ0v) is 24.6. The number of urea groups is 1. The number of imide groups is 1. The number of benzene rings is 3. The highest BCUT2D eigenvalue weighted by atomic mass is 16.6. The molecular weight excluding hydrogens is 602 g/mol. The van der Waals surface area contributed by atoms with Crippen molar-refractivity contribution in [3.05, 3.63) is 106 Å². The lowest BCUT2D eigenvalue weighted by molar-refractivity contribution is -0.384. The predicted octanol–water partition coefficient (Wildman–Crippen LogP) is 2.48. The van der Waals surface area contributed by atoms with E-state index in [0.29, 0.717) is 10.5 Å². The van der Waals surface area contributed by atoms with Gasteiger partial charge in [-0.05, 0) is 49.2 Å². The van der Waals surface area contributed by atoms with E-state index in [-0.39, 0.29) is 28.4 Å². The first-order chi connectivity index (χ1) is 21.7. The molecule has 46 heavy (non-hydrogen) atoms. The monoisotopic (exact) mass is 631 g/mol. The van der Waals surface area contributed by atoms with Crippen LogP contribution in [0.1, 0.15) is 31.4 Å². The van der Waals surface area contributed by atoms with Gasteiger partial charge in [-0.25, -0.2) is 14.5 Å². The average molecular weight is 632 g/mol. The first-order valence-corrected chi connectivity index (χ1v) is 13.7. The number of anilines is 1. The Morgan fingerprint density at radius 2 is 1.50 bits per heavy atom. The normalized spacial score (nSPS) is 18.1. The molecule has 0 spiro atoms. The van der Waals surface area contributed by atoms with Gasteiger partial charge in [0, 0.05) is 24.4 Å². The molecule has 1 saturated heterocycles. The van der Waals surface area contributed by atoms with Crippen molar-refractivity contribution >= 4 is 46.9 Å². The van der Waals surface area contributed by atoms with Crippen LogP contribution in [0.15, 0.2) is 84.9 Å². The summed E-state index contributed by atoms with van der Waals surface area (Å²) in [5.41, 5.74) is 0.390. The van der Waals surface area contributed by atoms with Gasteiger partial charge in [-0.15, -0.1) is 0 Å². The number of hydrogen-bond acceptors (Lipinski definition) is 9. The molecule has 0 aliphatic carbocycles. The lowest BCUT2D eigenvalue weighted by atomic mass is 9.88. The van der Waals surface area contributed by atoms with Crippen molar-refractivity contribution in [1.29, 1.82) is 0 Å². The van der Waals surface area contributed by atoms with Crippen molar-refractivity contribution in [1.82, 2.24) is 9.80 Å². The van der Waals surface area contributed by atoms with Crippen molar-refractivity contribution in [2.75, 3.05) is 4.90 Å². The van der Waals surface area contributed by atoms with Crippen molar-refractivity contribution in [3.8, 4) is 0 Å². The van der Waals surface area contributed by atoms with E-state index in [4.69, 9.17) is 5.73 Å². The molecule has 1 aliphatic heterocycles. The molecular formula is C31H29N5O10. The number of rotatable bonds is 12. The third-order valence-electron chi connectivity index (χ3n) is 7.79. The summed E-state index contributed by atoms with van der Waals surface area (Å²) in [6.07, 6.45) is -0.974. The lowest BCUT2D eigenvalue weighted by Gasteiger charge is -2.43. The van der Waals surface area contributed by atoms with Gasteiger partial charge in [0.25, 0.3) is 17.3 Å². The Hall–Kier alpha value is -5.96. The standard InChI is InChI=1S/C31H29N5O10/c1-19(37)31(28(42)43,34(22-11-7-4-8-12-22)26(40)24(32)17-25(38)39)35-27(41)30(2,21-13-15-23(16-14-21)36(45)46)33(29(35)44)18-20-9-5-3-6-10-20/h3-16,24H,17-18,32H2,1-2H3,(H,38,39)(H,42,43)/t24?,30-,31+/m1/s1. The van der Waals surface area contributed by atoms with Crippen LogP contribution in [0.3, 0.4) is 0 Å². The highest BCUT2D eigenvalue weighted by Crippen LogP contribution is 2.44. The molecule has 0 radical (unpaired) electrons. The van der Waals surface area contributed by atoms with Crippen LogP contribution in [0, 0.1) is 10.1 Å². The topological polar surface area (TPSA) is 222 Å². The number of carbonyl (C=O) groups is 6. The highest BCUT2D eigenvalue weighted by molar-refractivity contribution is 6.24. The summed E-state index contributed by atoms with van der Waals surface area (Å²) in [6.45, 7) is 1.76. The number of non-ortho nitro benzene ring substituents is 1. The highest BCUT2D eigenvalue weighted by Gasteiger charge is 2.69. The van der Waals surface area contributed by atoms with Crippen LogP contribution in [-0.2, 0) is 36.1 Å². The van der Waals surface area contributed by atoms with Crippen molar-refractivity contribution in [3.63, 3.8) is 0 Å². The molecule has 4 N–H and O–H groups in total. The zero-order valence-electron chi connectivity index (χ0n) is 24.6. The summed E-state index contributed by atoms with van der Waals surface area (Å²) in [4.78, 5) is 93.9. The molecule has 1 fully saturated rings. The third kappa shape index (κ3) is 5.43. The SMILES string of the molecule is CC(=O)[C@@](C(=O)O)(N1C(=O)N(Cc2ccccc2)[C@](C)(c2ccc([N+](=O)[O-])cc2)C1=O)N(C(=O)C(N)CC(=O)O)c1ccccc1. The first-order valence-electron chi connectivity index (χ1n) is 13.7. The van der Waals surface area contributed by atoms with Gasteiger partial charge in [0.15, 0.2) is 5.78 Å². The van der Waals surface area contributed by atoms with Crippen LogP contribution in [0.25, 0.3) is 0 Å². The Morgan fingerprint density at radius 3 is 1.98 bits per heavy atom. The summed E-state index contributed by atoms with van der Waals surface area (Å²) < 4.78 is 0. The third-order valence-corrected chi connectivity index (χ3v) is 7.79. The van der Waals surface area contributed by atoms with Crippen LogP contribution in [0.2, 0.25) is 0 Å². The molecule has 4 amide bonds. The van der Waals surface area contributed by atoms with E-state index in [1.165, 1.54) is 49.4 Å². The quantitative estimate of drug-likeness (QED) is 0.114. The number of carbonyl (C=O) groups excluding carboxylic acids is 4. The minimum Gasteiger partial charge on any atom is -0.481 e.